The summed E-state index contributed by atoms with van der Waals surface area (Å²) in [6, 6.07) is 3.82. The van der Waals surface area contributed by atoms with Crippen molar-refractivity contribution in [3.63, 3.8) is 0 Å². The Hall–Kier alpha value is -1.88. The van der Waals surface area contributed by atoms with E-state index in [0.29, 0.717) is 5.56 Å². The number of aliphatic carboxylic acids is 1. The third-order valence-electron chi connectivity index (χ3n) is 1.60. The van der Waals surface area contributed by atoms with Gasteiger partial charge in [-0.05, 0) is 17.7 Å². The number of benzene rings is 1. The maximum Gasteiger partial charge on any atom is 0.328 e. The van der Waals surface area contributed by atoms with Gasteiger partial charge in [0, 0.05) is 18.2 Å². The Morgan fingerprint density at radius 3 is 2.67 bits per heavy atom. The van der Waals surface area contributed by atoms with E-state index in [1.165, 1.54) is 24.3 Å². The highest BCUT2D eigenvalue weighted by atomic mass is 35.5. The second-order valence-electron chi connectivity index (χ2n) is 2.63. The molecular formula is C9H6ClNO4. The standard InChI is InChI=1S/C9H6ClNO4/c10-8-5-7(11(14)15)3-1-6(8)2-4-9(12)13/h1-5H,(H,12,13)/b4-2+. The minimum Gasteiger partial charge on any atom is -0.478 e. The Morgan fingerprint density at radius 2 is 2.20 bits per heavy atom. The predicted molar refractivity (Wildman–Crippen MR) is 54.8 cm³/mol. The fourth-order valence-corrected chi connectivity index (χ4v) is 1.16. The topological polar surface area (TPSA) is 80.4 Å². The first-order chi connectivity index (χ1) is 7.00. The van der Waals surface area contributed by atoms with E-state index in [-0.39, 0.29) is 10.7 Å². The average Bonchev–Trinajstić information content (AvgIpc) is 2.15. The highest BCUT2D eigenvalue weighted by Crippen LogP contribution is 2.23. The molecule has 0 radical (unpaired) electrons. The zero-order valence-electron chi connectivity index (χ0n) is 7.38. The van der Waals surface area contributed by atoms with E-state index in [4.69, 9.17) is 16.7 Å². The van der Waals surface area contributed by atoms with Crippen LogP contribution in [0.15, 0.2) is 24.3 Å². The summed E-state index contributed by atoms with van der Waals surface area (Å²) in [5, 5.41) is 18.9. The third-order valence-corrected chi connectivity index (χ3v) is 1.93. The van der Waals surface area contributed by atoms with Gasteiger partial charge in [-0.15, -0.1) is 0 Å². The number of hydrogen-bond acceptors (Lipinski definition) is 3. The first kappa shape index (κ1) is 11.2. The largest absolute Gasteiger partial charge is 0.478 e. The third kappa shape index (κ3) is 3.07. The van der Waals surface area contributed by atoms with Crippen molar-refractivity contribution in [2.45, 2.75) is 0 Å². The van der Waals surface area contributed by atoms with Gasteiger partial charge in [-0.2, -0.15) is 0 Å². The van der Waals surface area contributed by atoms with Gasteiger partial charge in [-0.3, -0.25) is 10.1 Å². The molecule has 5 nitrogen and oxygen atoms in total. The molecule has 15 heavy (non-hydrogen) atoms. The number of nitrogens with zero attached hydrogens (tertiary/aromatic N) is 1. The Bertz CT molecular complexity index is 442. The molecule has 0 heterocycles. The summed E-state index contributed by atoms with van der Waals surface area (Å²) in [6.45, 7) is 0. The van der Waals surface area contributed by atoms with E-state index < -0.39 is 10.9 Å². The summed E-state index contributed by atoms with van der Waals surface area (Å²) in [7, 11) is 0. The van der Waals surface area contributed by atoms with Gasteiger partial charge in [0.15, 0.2) is 0 Å². The number of rotatable bonds is 3. The van der Waals surface area contributed by atoms with E-state index >= 15 is 0 Å². The number of nitro benzene ring substituents is 1. The molecule has 1 aromatic rings. The van der Waals surface area contributed by atoms with Gasteiger partial charge in [-0.1, -0.05) is 11.6 Å². The normalized spacial score (nSPS) is 10.5. The van der Waals surface area contributed by atoms with Gasteiger partial charge in [0.25, 0.3) is 5.69 Å². The van der Waals surface area contributed by atoms with Crippen LogP contribution in [-0.2, 0) is 4.79 Å². The van der Waals surface area contributed by atoms with Crippen molar-refractivity contribution in [1.82, 2.24) is 0 Å². The van der Waals surface area contributed by atoms with Crippen molar-refractivity contribution in [2.75, 3.05) is 0 Å². The van der Waals surface area contributed by atoms with Crippen LogP contribution in [0, 0.1) is 10.1 Å². The molecule has 78 valence electrons. The molecule has 0 fully saturated rings. The number of nitro groups is 1. The lowest BCUT2D eigenvalue weighted by atomic mass is 10.2. The first-order valence-electron chi connectivity index (χ1n) is 3.85. The lowest BCUT2D eigenvalue weighted by Gasteiger charge is -1.97. The van der Waals surface area contributed by atoms with E-state index in [1.807, 2.05) is 0 Å². The number of non-ortho nitro benzene ring substituents is 1. The number of hydrogen-bond donors (Lipinski definition) is 1. The van der Waals surface area contributed by atoms with Crippen LogP contribution in [-0.4, -0.2) is 16.0 Å². The van der Waals surface area contributed by atoms with Crippen molar-refractivity contribution < 1.29 is 14.8 Å². The smallest absolute Gasteiger partial charge is 0.328 e. The SMILES string of the molecule is O=C(O)/C=C/c1ccc([N+](=O)[O-])cc1Cl. The maximum atomic E-state index is 10.4. The van der Waals surface area contributed by atoms with Gasteiger partial charge in [0.2, 0.25) is 0 Å². The fourth-order valence-electron chi connectivity index (χ4n) is 0.926. The van der Waals surface area contributed by atoms with Crippen LogP contribution in [0.4, 0.5) is 5.69 Å². The van der Waals surface area contributed by atoms with Gasteiger partial charge < -0.3 is 5.11 Å². The molecule has 0 aliphatic heterocycles. The lowest BCUT2D eigenvalue weighted by molar-refractivity contribution is -0.384. The highest BCUT2D eigenvalue weighted by Gasteiger charge is 2.07. The first-order valence-corrected chi connectivity index (χ1v) is 4.23. The lowest BCUT2D eigenvalue weighted by Crippen LogP contribution is -1.89. The Morgan fingerprint density at radius 1 is 1.53 bits per heavy atom. The van der Waals surface area contributed by atoms with E-state index in [2.05, 4.69) is 0 Å². The second kappa shape index (κ2) is 4.56. The van der Waals surface area contributed by atoms with Crippen molar-refractivity contribution in [1.29, 1.82) is 0 Å². The molecule has 0 saturated carbocycles. The molecule has 0 atom stereocenters. The van der Waals surface area contributed by atoms with Crippen LogP contribution in [0.1, 0.15) is 5.56 Å². The van der Waals surface area contributed by atoms with Gasteiger partial charge in [-0.25, -0.2) is 4.79 Å². The molecule has 1 aromatic carbocycles. The van der Waals surface area contributed by atoms with Crippen molar-refractivity contribution in [2.24, 2.45) is 0 Å². The molecule has 6 heteroatoms. The molecule has 1 N–H and O–H groups in total. The molecule has 0 saturated heterocycles. The Balaban J connectivity index is 3.03. The minimum absolute atomic E-state index is 0.132. The number of halogens is 1. The van der Waals surface area contributed by atoms with Crippen LogP contribution in [0.3, 0.4) is 0 Å². The van der Waals surface area contributed by atoms with Crippen LogP contribution < -0.4 is 0 Å². The average molecular weight is 228 g/mol. The Kier molecular flexibility index (Phi) is 3.41. The van der Waals surface area contributed by atoms with Gasteiger partial charge in [0.1, 0.15) is 0 Å². The van der Waals surface area contributed by atoms with Gasteiger partial charge >= 0.3 is 5.97 Å². The summed E-state index contributed by atoms with van der Waals surface area (Å²) < 4.78 is 0. The van der Waals surface area contributed by atoms with Crippen LogP contribution in [0.25, 0.3) is 6.08 Å². The Labute approximate surface area is 89.7 Å². The maximum absolute atomic E-state index is 10.4. The van der Waals surface area contributed by atoms with E-state index in [1.54, 1.807) is 0 Å². The van der Waals surface area contributed by atoms with Crippen molar-refractivity contribution in [3.8, 4) is 0 Å². The summed E-state index contributed by atoms with van der Waals surface area (Å²) in [5.74, 6) is -1.11. The fraction of sp³-hybridized carbons (Fsp3) is 0. The van der Waals surface area contributed by atoms with E-state index in [9.17, 15) is 14.9 Å². The van der Waals surface area contributed by atoms with Crippen LogP contribution in [0.2, 0.25) is 5.02 Å². The summed E-state index contributed by atoms with van der Waals surface area (Å²) >= 11 is 5.71. The molecule has 0 spiro atoms. The minimum atomic E-state index is -1.11. The molecule has 0 aromatic heterocycles. The molecule has 1 rings (SSSR count). The quantitative estimate of drug-likeness (QED) is 0.488. The summed E-state index contributed by atoms with van der Waals surface area (Å²) in [4.78, 5) is 20.0. The number of carboxylic acid groups (broad SMARTS) is 1. The number of carbonyl (C=O) groups is 1. The molecular weight excluding hydrogens is 222 g/mol. The van der Waals surface area contributed by atoms with Crippen LogP contribution >= 0.6 is 11.6 Å². The molecule has 0 bridgehead atoms. The van der Waals surface area contributed by atoms with Crippen molar-refractivity contribution in [3.05, 3.63) is 45.0 Å². The van der Waals surface area contributed by atoms with E-state index in [0.717, 1.165) is 6.08 Å². The molecule has 0 aliphatic rings. The monoisotopic (exact) mass is 227 g/mol. The zero-order chi connectivity index (χ0) is 11.4. The summed E-state index contributed by atoms with van der Waals surface area (Å²) in [5.41, 5.74) is 0.289. The highest BCUT2D eigenvalue weighted by molar-refractivity contribution is 6.32. The van der Waals surface area contributed by atoms with Crippen LogP contribution in [0.5, 0.6) is 0 Å². The second-order valence-corrected chi connectivity index (χ2v) is 3.04. The number of carboxylic acids is 1. The molecule has 0 unspecified atom stereocenters. The zero-order valence-corrected chi connectivity index (χ0v) is 8.14. The van der Waals surface area contributed by atoms with Crippen molar-refractivity contribution >= 4 is 29.3 Å². The predicted octanol–water partition coefficient (Wildman–Crippen LogP) is 2.35. The molecule has 0 amide bonds. The summed E-state index contributed by atoms with van der Waals surface area (Å²) in [6.07, 6.45) is 2.18. The van der Waals surface area contributed by atoms with Gasteiger partial charge in [0.05, 0.1) is 9.95 Å². The molecule has 0 aliphatic carbocycles.